The Kier molecular flexibility index (Phi) is 6.50. The molecule has 5 aromatic rings. The first-order valence-corrected chi connectivity index (χ1v) is 11.3. The van der Waals surface area contributed by atoms with Crippen molar-refractivity contribution in [2.24, 2.45) is 0 Å². The van der Waals surface area contributed by atoms with Crippen molar-refractivity contribution < 1.29 is 13.9 Å². The summed E-state index contributed by atoms with van der Waals surface area (Å²) in [6, 6.07) is 17.3. The van der Waals surface area contributed by atoms with Crippen LogP contribution in [0.4, 0.5) is 4.39 Å². The molecule has 0 bridgehead atoms. The van der Waals surface area contributed by atoms with Crippen LogP contribution >= 0.6 is 11.6 Å². The van der Waals surface area contributed by atoms with Crippen molar-refractivity contribution in [3.8, 4) is 34.0 Å². The molecule has 0 amide bonds. The van der Waals surface area contributed by atoms with Crippen LogP contribution in [0.2, 0.25) is 5.02 Å². The van der Waals surface area contributed by atoms with Gasteiger partial charge in [0.05, 0.1) is 31.4 Å². The molecule has 0 radical (unpaired) electrons. The molecule has 3 aromatic heterocycles. The molecule has 0 aliphatic heterocycles. The maximum absolute atomic E-state index is 13.7. The van der Waals surface area contributed by atoms with Gasteiger partial charge < -0.3 is 9.30 Å². The standard InChI is InChI=1S/C25H19ClFN7O2/c1-36-22(35)14-34-31-25(30-32-34)17-10-11-28-21(12-17)23-24(16-6-8-19(27)9-7-16)33(15-29-23)13-18-4-2-3-5-20(18)26/h2-12,15H,13-14H2,1H3. The Morgan fingerprint density at radius 2 is 1.86 bits per heavy atom. The molecule has 0 saturated heterocycles. The monoisotopic (exact) mass is 503 g/mol. The first kappa shape index (κ1) is 23.3. The Bertz CT molecular complexity index is 1530. The lowest BCUT2D eigenvalue weighted by atomic mass is 10.1. The largest absolute Gasteiger partial charge is 0.468 e. The fourth-order valence-corrected chi connectivity index (χ4v) is 3.91. The van der Waals surface area contributed by atoms with Gasteiger partial charge in [0.25, 0.3) is 0 Å². The Morgan fingerprint density at radius 1 is 1.06 bits per heavy atom. The minimum atomic E-state index is -0.484. The van der Waals surface area contributed by atoms with Gasteiger partial charge >= 0.3 is 5.97 Å². The number of halogens is 2. The molecule has 36 heavy (non-hydrogen) atoms. The number of hydrogen-bond donors (Lipinski definition) is 0. The first-order valence-electron chi connectivity index (χ1n) is 10.9. The summed E-state index contributed by atoms with van der Waals surface area (Å²) in [5.41, 5.74) is 4.24. The van der Waals surface area contributed by atoms with Crippen molar-refractivity contribution in [1.29, 1.82) is 0 Å². The van der Waals surface area contributed by atoms with Crippen LogP contribution in [0.25, 0.3) is 34.0 Å². The fraction of sp³-hybridized carbons (Fsp3) is 0.120. The van der Waals surface area contributed by atoms with Gasteiger partial charge in [-0.15, -0.1) is 10.2 Å². The zero-order valence-corrected chi connectivity index (χ0v) is 19.8. The molecule has 180 valence electrons. The van der Waals surface area contributed by atoms with Crippen LogP contribution in [-0.2, 0) is 22.6 Å². The zero-order chi connectivity index (χ0) is 25.1. The molecule has 0 spiro atoms. The molecular weight excluding hydrogens is 485 g/mol. The number of hydrogen-bond acceptors (Lipinski definition) is 7. The summed E-state index contributed by atoms with van der Waals surface area (Å²) in [6.45, 7) is 0.311. The number of methoxy groups -OCH3 is 1. The minimum absolute atomic E-state index is 0.150. The summed E-state index contributed by atoms with van der Waals surface area (Å²) in [6.07, 6.45) is 3.32. The Morgan fingerprint density at radius 3 is 2.64 bits per heavy atom. The highest BCUT2D eigenvalue weighted by atomic mass is 35.5. The van der Waals surface area contributed by atoms with Crippen molar-refractivity contribution in [2.75, 3.05) is 7.11 Å². The Labute approximate surface area is 210 Å². The normalized spacial score (nSPS) is 11.0. The third-order valence-corrected chi connectivity index (χ3v) is 5.83. The number of esters is 1. The fourth-order valence-electron chi connectivity index (χ4n) is 3.72. The Balaban J connectivity index is 1.56. The van der Waals surface area contributed by atoms with E-state index >= 15 is 0 Å². The second kappa shape index (κ2) is 10.0. The van der Waals surface area contributed by atoms with E-state index in [4.69, 9.17) is 11.6 Å². The Hall–Kier alpha value is -4.44. The second-order valence-electron chi connectivity index (χ2n) is 7.82. The predicted octanol–water partition coefficient (Wildman–Crippen LogP) is 4.28. The van der Waals surface area contributed by atoms with E-state index in [1.165, 1.54) is 19.2 Å². The van der Waals surface area contributed by atoms with E-state index < -0.39 is 5.97 Å². The number of tetrazole rings is 1. The number of rotatable bonds is 7. The average Bonchev–Trinajstić information content (AvgIpc) is 3.53. The summed E-state index contributed by atoms with van der Waals surface area (Å²) >= 11 is 6.40. The van der Waals surface area contributed by atoms with Crippen LogP contribution in [-0.4, -0.2) is 47.8 Å². The lowest BCUT2D eigenvalue weighted by Gasteiger charge is -2.12. The predicted molar refractivity (Wildman–Crippen MR) is 130 cm³/mol. The molecule has 0 fully saturated rings. The molecule has 0 aliphatic rings. The van der Waals surface area contributed by atoms with Gasteiger partial charge in [0, 0.05) is 22.3 Å². The smallest absolute Gasteiger partial charge is 0.329 e. The van der Waals surface area contributed by atoms with E-state index in [9.17, 15) is 9.18 Å². The van der Waals surface area contributed by atoms with E-state index in [1.807, 2.05) is 28.8 Å². The van der Waals surface area contributed by atoms with E-state index in [-0.39, 0.29) is 12.4 Å². The number of carbonyl (C=O) groups excluding carboxylic acids is 1. The lowest BCUT2D eigenvalue weighted by Crippen LogP contribution is -2.14. The van der Waals surface area contributed by atoms with Crippen molar-refractivity contribution in [1.82, 2.24) is 34.7 Å². The van der Waals surface area contributed by atoms with Crippen LogP contribution in [0.15, 0.2) is 73.2 Å². The molecule has 11 heteroatoms. The number of pyridine rings is 1. The molecule has 0 atom stereocenters. The van der Waals surface area contributed by atoms with Crippen LogP contribution in [0.1, 0.15) is 5.56 Å². The summed E-state index contributed by atoms with van der Waals surface area (Å²) in [7, 11) is 1.29. The number of carbonyl (C=O) groups is 1. The van der Waals surface area contributed by atoms with Crippen molar-refractivity contribution in [2.45, 2.75) is 13.1 Å². The van der Waals surface area contributed by atoms with Crippen molar-refractivity contribution in [3.05, 3.63) is 89.6 Å². The summed E-state index contributed by atoms with van der Waals surface area (Å²) in [4.78, 5) is 21.8. The number of nitrogens with zero attached hydrogens (tertiary/aromatic N) is 7. The minimum Gasteiger partial charge on any atom is -0.468 e. The van der Waals surface area contributed by atoms with Crippen LogP contribution in [0.5, 0.6) is 0 Å². The van der Waals surface area contributed by atoms with Crippen molar-refractivity contribution in [3.63, 3.8) is 0 Å². The quantitative estimate of drug-likeness (QED) is 0.305. The molecule has 5 rings (SSSR count). The topological polar surface area (TPSA) is 101 Å². The van der Waals surface area contributed by atoms with Crippen molar-refractivity contribution >= 4 is 17.6 Å². The highest BCUT2D eigenvalue weighted by Gasteiger charge is 2.19. The molecule has 3 heterocycles. The summed E-state index contributed by atoms with van der Waals surface area (Å²) < 4.78 is 20.3. The van der Waals surface area contributed by atoms with Gasteiger partial charge in [-0.1, -0.05) is 29.8 Å². The third kappa shape index (κ3) is 4.84. The number of imidazole rings is 1. The molecule has 0 aliphatic carbocycles. The lowest BCUT2D eigenvalue weighted by molar-refractivity contribution is -0.141. The van der Waals surface area contributed by atoms with Gasteiger partial charge in [-0.3, -0.25) is 4.98 Å². The first-order chi connectivity index (χ1) is 17.5. The highest BCUT2D eigenvalue weighted by Crippen LogP contribution is 2.33. The van der Waals surface area contributed by atoms with Gasteiger partial charge in [0.15, 0.2) is 6.54 Å². The second-order valence-corrected chi connectivity index (χ2v) is 8.22. The summed E-state index contributed by atoms with van der Waals surface area (Å²) in [5, 5.41) is 12.8. The highest BCUT2D eigenvalue weighted by molar-refractivity contribution is 6.31. The van der Waals surface area contributed by atoms with E-state index in [1.54, 1.807) is 36.8 Å². The molecule has 9 nitrogen and oxygen atoms in total. The number of ether oxygens (including phenoxy) is 1. The average molecular weight is 504 g/mol. The van der Waals surface area contributed by atoms with E-state index in [2.05, 4.69) is 30.1 Å². The maximum Gasteiger partial charge on any atom is 0.329 e. The van der Waals surface area contributed by atoms with Crippen LogP contribution in [0.3, 0.4) is 0 Å². The molecular formula is C25H19ClFN7O2. The van der Waals surface area contributed by atoms with Crippen LogP contribution in [0, 0.1) is 5.82 Å². The van der Waals surface area contributed by atoms with Gasteiger partial charge in [-0.2, -0.15) is 4.80 Å². The molecule has 0 N–H and O–H groups in total. The van der Waals surface area contributed by atoms with Gasteiger partial charge in [-0.05, 0) is 53.2 Å². The molecule has 0 unspecified atom stereocenters. The summed E-state index contributed by atoms with van der Waals surface area (Å²) in [5.74, 6) is -0.498. The van der Waals surface area contributed by atoms with E-state index in [0.717, 1.165) is 21.6 Å². The van der Waals surface area contributed by atoms with Crippen LogP contribution < -0.4 is 0 Å². The SMILES string of the molecule is COC(=O)Cn1nnc(-c2ccnc(-c3ncn(Cc4ccccc4Cl)c3-c3ccc(F)cc3)c2)n1. The van der Waals surface area contributed by atoms with Gasteiger partial charge in [-0.25, -0.2) is 14.2 Å². The number of benzene rings is 2. The third-order valence-electron chi connectivity index (χ3n) is 5.47. The zero-order valence-electron chi connectivity index (χ0n) is 19.0. The maximum atomic E-state index is 13.7. The molecule has 2 aromatic carbocycles. The number of aromatic nitrogens is 7. The molecule has 0 saturated carbocycles. The van der Waals surface area contributed by atoms with E-state index in [0.29, 0.717) is 34.3 Å². The van der Waals surface area contributed by atoms with Gasteiger partial charge in [0.1, 0.15) is 11.5 Å². The van der Waals surface area contributed by atoms with Gasteiger partial charge in [0.2, 0.25) is 5.82 Å².